The van der Waals surface area contributed by atoms with Gasteiger partial charge in [0.1, 0.15) is 0 Å². The van der Waals surface area contributed by atoms with Crippen LogP contribution >= 0.6 is 11.3 Å². The van der Waals surface area contributed by atoms with Crippen LogP contribution in [0, 0.1) is 0 Å². The van der Waals surface area contributed by atoms with Gasteiger partial charge in [-0.3, -0.25) is 0 Å². The number of anilines is 1. The van der Waals surface area contributed by atoms with Gasteiger partial charge in [-0.05, 0) is 48.7 Å². The number of aromatic nitrogens is 3. The third-order valence-electron chi connectivity index (χ3n) is 5.76. The van der Waals surface area contributed by atoms with Crippen molar-refractivity contribution in [1.29, 1.82) is 0 Å². The molecule has 0 saturated heterocycles. The first kappa shape index (κ1) is 19.5. The Morgan fingerprint density at radius 3 is 2.73 bits per heavy atom. The number of hydrogen-bond donors (Lipinski definition) is 1. The van der Waals surface area contributed by atoms with E-state index < -0.39 is 9.84 Å². The molecule has 1 saturated carbocycles. The summed E-state index contributed by atoms with van der Waals surface area (Å²) in [6, 6.07) is 12.0. The van der Waals surface area contributed by atoms with E-state index in [9.17, 15) is 8.42 Å². The standard InChI is InChI=1S/C22H24N4O2S2/c1-30(27,28)17-8-10-20-19(12-17)23-14-26(20)13-15-7-9-18-21(11-15)29-22(25-18)24-16-5-3-2-4-6-16/h7-12,14,16H,2-6,13H2,1H3,(H,24,25). The van der Waals surface area contributed by atoms with E-state index in [2.05, 4.69) is 28.5 Å². The molecule has 0 bridgehead atoms. The van der Waals surface area contributed by atoms with Gasteiger partial charge in [0.05, 0.1) is 32.5 Å². The summed E-state index contributed by atoms with van der Waals surface area (Å²) in [5.41, 5.74) is 3.81. The van der Waals surface area contributed by atoms with Gasteiger partial charge < -0.3 is 9.88 Å². The average Bonchev–Trinajstić information content (AvgIpc) is 3.31. The van der Waals surface area contributed by atoms with E-state index >= 15 is 0 Å². The Bertz CT molecular complexity index is 1320. The van der Waals surface area contributed by atoms with Crippen molar-refractivity contribution in [3.63, 3.8) is 0 Å². The number of nitrogens with one attached hydrogen (secondary N) is 1. The van der Waals surface area contributed by atoms with Crippen LogP contribution in [0.25, 0.3) is 21.3 Å². The zero-order valence-electron chi connectivity index (χ0n) is 16.8. The molecule has 2 heterocycles. The molecule has 0 radical (unpaired) electrons. The van der Waals surface area contributed by atoms with Crippen LogP contribution in [0.1, 0.15) is 37.7 Å². The van der Waals surface area contributed by atoms with Crippen molar-refractivity contribution in [3.8, 4) is 0 Å². The topological polar surface area (TPSA) is 76.9 Å². The SMILES string of the molecule is CS(=O)(=O)c1ccc2c(c1)ncn2Cc1ccc2nc(NC3CCCCC3)sc2c1. The summed E-state index contributed by atoms with van der Waals surface area (Å²) in [7, 11) is -3.24. The maximum atomic E-state index is 11.8. The molecule has 2 aromatic carbocycles. The first-order chi connectivity index (χ1) is 14.5. The van der Waals surface area contributed by atoms with E-state index in [1.165, 1.54) is 48.6 Å². The molecule has 6 nitrogen and oxygen atoms in total. The van der Waals surface area contributed by atoms with Gasteiger partial charge in [-0.15, -0.1) is 0 Å². The van der Waals surface area contributed by atoms with Crippen molar-refractivity contribution in [1.82, 2.24) is 14.5 Å². The maximum absolute atomic E-state index is 11.8. The molecule has 0 spiro atoms. The molecular formula is C22H24N4O2S2. The summed E-state index contributed by atoms with van der Waals surface area (Å²) < 4.78 is 26.8. The fourth-order valence-electron chi connectivity index (χ4n) is 4.15. The van der Waals surface area contributed by atoms with Gasteiger partial charge in [-0.2, -0.15) is 0 Å². The van der Waals surface area contributed by atoms with Crippen LogP contribution < -0.4 is 5.32 Å². The molecule has 0 atom stereocenters. The van der Waals surface area contributed by atoms with E-state index in [1.807, 2.05) is 10.6 Å². The molecule has 1 N–H and O–H groups in total. The van der Waals surface area contributed by atoms with Gasteiger partial charge in [0.25, 0.3) is 0 Å². The molecule has 2 aromatic heterocycles. The minimum Gasteiger partial charge on any atom is -0.359 e. The lowest BCUT2D eigenvalue weighted by molar-refractivity contribution is 0.462. The number of thiazole rings is 1. The lowest BCUT2D eigenvalue weighted by atomic mass is 9.96. The van der Waals surface area contributed by atoms with E-state index in [-0.39, 0.29) is 0 Å². The lowest BCUT2D eigenvalue weighted by Crippen LogP contribution is -2.21. The van der Waals surface area contributed by atoms with Crippen LogP contribution in [0.15, 0.2) is 47.6 Å². The van der Waals surface area contributed by atoms with Crippen LogP contribution in [0.5, 0.6) is 0 Å². The highest BCUT2D eigenvalue weighted by Crippen LogP contribution is 2.30. The number of hydrogen-bond acceptors (Lipinski definition) is 6. The summed E-state index contributed by atoms with van der Waals surface area (Å²) in [5, 5.41) is 4.63. The van der Waals surface area contributed by atoms with Crippen LogP contribution in [0.2, 0.25) is 0 Å². The highest BCUT2D eigenvalue weighted by atomic mass is 32.2. The van der Waals surface area contributed by atoms with E-state index in [4.69, 9.17) is 4.98 Å². The molecule has 8 heteroatoms. The molecule has 4 aromatic rings. The van der Waals surface area contributed by atoms with Gasteiger partial charge in [0.15, 0.2) is 15.0 Å². The summed E-state index contributed by atoms with van der Waals surface area (Å²) in [6.45, 7) is 0.675. The Balaban J connectivity index is 1.38. The van der Waals surface area contributed by atoms with Gasteiger partial charge in [0.2, 0.25) is 0 Å². The van der Waals surface area contributed by atoms with Gasteiger partial charge in [-0.25, -0.2) is 18.4 Å². The van der Waals surface area contributed by atoms with E-state index in [1.54, 1.807) is 29.8 Å². The number of nitrogens with zero attached hydrogens (tertiary/aromatic N) is 3. The molecule has 1 fully saturated rings. The molecule has 0 aliphatic heterocycles. The third-order valence-corrected chi connectivity index (χ3v) is 7.82. The molecule has 1 aliphatic rings. The highest BCUT2D eigenvalue weighted by Gasteiger charge is 2.15. The fourth-order valence-corrected chi connectivity index (χ4v) is 5.79. The Labute approximate surface area is 179 Å². The van der Waals surface area contributed by atoms with Crippen LogP contribution in [-0.4, -0.2) is 35.3 Å². The van der Waals surface area contributed by atoms with Crippen LogP contribution in [-0.2, 0) is 16.4 Å². The normalized spacial score (nSPS) is 15.8. The number of fused-ring (bicyclic) bond motifs is 2. The first-order valence-corrected chi connectivity index (χ1v) is 13.0. The van der Waals surface area contributed by atoms with Crippen molar-refractivity contribution >= 4 is 47.6 Å². The Kier molecular flexibility index (Phi) is 4.99. The third kappa shape index (κ3) is 3.94. The predicted molar refractivity (Wildman–Crippen MR) is 122 cm³/mol. The van der Waals surface area contributed by atoms with Crippen molar-refractivity contribution in [2.24, 2.45) is 0 Å². The van der Waals surface area contributed by atoms with Crippen molar-refractivity contribution < 1.29 is 8.42 Å². The maximum Gasteiger partial charge on any atom is 0.184 e. The van der Waals surface area contributed by atoms with Crippen LogP contribution in [0.4, 0.5) is 5.13 Å². The highest BCUT2D eigenvalue weighted by molar-refractivity contribution is 7.90. The zero-order valence-corrected chi connectivity index (χ0v) is 18.5. The van der Waals surface area contributed by atoms with Crippen molar-refractivity contribution in [2.45, 2.75) is 49.6 Å². The van der Waals surface area contributed by atoms with E-state index in [0.29, 0.717) is 23.0 Å². The Hall–Kier alpha value is -2.45. The summed E-state index contributed by atoms with van der Waals surface area (Å²) in [6.07, 6.45) is 9.40. The molecule has 1 aliphatic carbocycles. The second-order valence-corrected chi connectivity index (χ2v) is 11.1. The van der Waals surface area contributed by atoms with Crippen molar-refractivity contribution in [2.75, 3.05) is 11.6 Å². The predicted octanol–water partition coefficient (Wildman–Crippen LogP) is 4.84. The number of sulfone groups is 1. The van der Waals surface area contributed by atoms with Crippen LogP contribution in [0.3, 0.4) is 0 Å². The second-order valence-electron chi connectivity index (χ2n) is 8.10. The number of rotatable bonds is 5. The minimum atomic E-state index is -3.24. The van der Waals surface area contributed by atoms with Gasteiger partial charge >= 0.3 is 0 Å². The quantitative estimate of drug-likeness (QED) is 0.480. The molecule has 156 valence electrons. The van der Waals surface area contributed by atoms with E-state index in [0.717, 1.165) is 16.2 Å². The zero-order chi connectivity index (χ0) is 20.7. The molecule has 0 unspecified atom stereocenters. The van der Waals surface area contributed by atoms with Crippen molar-refractivity contribution in [3.05, 3.63) is 48.3 Å². The Morgan fingerprint density at radius 2 is 1.93 bits per heavy atom. The van der Waals surface area contributed by atoms with Gasteiger partial charge in [-0.1, -0.05) is 36.7 Å². The second kappa shape index (κ2) is 7.67. The lowest BCUT2D eigenvalue weighted by Gasteiger charge is -2.22. The first-order valence-electron chi connectivity index (χ1n) is 10.3. The summed E-state index contributed by atoms with van der Waals surface area (Å²) in [5.74, 6) is 0. The molecular weight excluding hydrogens is 416 g/mol. The molecule has 0 amide bonds. The van der Waals surface area contributed by atoms with Gasteiger partial charge in [0, 0.05) is 18.8 Å². The molecule has 5 rings (SSSR count). The largest absolute Gasteiger partial charge is 0.359 e. The smallest absolute Gasteiger partial charge is 0.184 e. The monoisotopic (exact) mass is 440 g/mol. The summed E-state index contributed by atoms with van der Waals surface area (Å²) in [4.78, 5) is 9.45. The number of benzene rings is 2. The Morgan fingerprint density at radius 1 is 1.10 bits per heavy atom. The fraction of sp³-hybridized carbons (Fsp3) is 0.364. The summed E-state index contributed by atoms with van der Waals surface area (Å²) >= 11 is 1.71. The average molecular weight is 441 g/mol. The molecule has 30 heavy (non-hydrogen) atoms. The number of imidazole rings is 1. The minimum absolute atomic E-state index is 0.296.